The zero-order valence-corrected chi connectivity index (χ0v) is 13.0. The van der Waals surface area contributed by atoms with Crippen molar-refractivity contribution in [1.29, 1.82) is 0 Å². The first-order valence-electron chi connectivity index (χ1n) is 7.79. The van der Waals surface area contributed by atoms with Gasteiger partial charge in [-0.05, 0) is 12.8 Å². The Hall–Kier alpha value is -1.12. The number of halogens is 3. The van der Waals surface area contributed by atoms with E-state index in [0.29, 0.717) is 38.9 Å². The van der Waals surface area contributed by atoms with E-state index in [9.17, 15) is 18.0 Å². The molecule has 0 aromatic rings. The summed E-state index contributed by atoms with van der Waals surface area (Å²) in [7, 11) is 0. The molecule has 132 valence electrons. The summed E-state index contributed by atoms with van der Waals surface area (Å²) in [5.74, 6) is -0.905. The molecule has 2 aliphatic rings. The highest BCUT2D eigenvalue weighted by Crippen LogP contribution is 2.35. The second-order valence-electron chi connectivity index (χ2n) is 6.02. The van der Waals surface area contributed by atoms with Crippen molar-refractivity contribution in [2.24, 2.45) is 0 Å². The number of hydrogen-bond donors (Lipinski definition) is 1. The second-order valence-corrected chi connectivity index (χ2v) is 6.02. The number of carbonyl (C=O) groups is 1. The van der Waals surface area contributed by atoms with Crippen molar-refractivity contribution in [2.45, 2.75) is 43.7 Å². The fourth-order valence-corrected chi connectivity index (χ4v) is 3.09. The van der Waals surface area contributed by atoms with Crippen LogP contribution in [0.4, 0.5) is 13.2 Å². The van der Waals surface area contributed by atoms with Gasteiger partial charge in [-0.3, -0.25) is 9.69 Å². The standard InChI is InChI=1S/C15H23F3N2O3/c1-2-7-20(11-15(16,17)18)10-13(21)19-12-3-5-14(6-4-12)22-8-9-23-14/h2,12H,1,3-11H2,(H,19,21). The van der Waals surface area contributed by atoms with Crippen LogP contribution in [-0.4, -0.2) is 61.7 Å². The molecule has 0 aromatic carbocycles. The maximum absolute atomic E-state index is 12.5. The molecule has 1 aliphatic carbocycles. The van der Waals surface area contributed by atoms with Crippen LogP contribution in [0.2, 0.25) is 0 Å². The first-order valence-corrected chi connectivity index (χ1v) is 7.79. The van der Waals surface area contributed by atoms with Crippen molar-refractivity contribution in [3.63, 3.8) is 0 Å². The zero-order valence-electron chi connectivity index (χ0n) is 13.0. The van der Waals surface area contributed by atoms with Gasteiger partial charge in [0.2, 0.25) is 5.91 Å². The third-order valence-corrected chi connectivity index (χ3v) is 4.08. The molecule has 0 bridgehead atoms. The lowest BCUT2D eigenvalue weighted by molar-refractivity contribution is -0.180. The minimum Gasteiger partial charge on any atom is -0.352 e. The van der Waals surface area contributed by atoms with Crippen LogP contribution >= 0.6 is 0 Å². The van der Waals surface area contributed by atoms with Crippen LogP contribution in [-0.2, 0) is 14.3 Å². The minimum atomic E-state index is -4.34. The first-order chi connectivity index (χ1) is 10.8. The van der Waals surface area contributed by atoms with Crippen LogP contribution < -0.4 is 5.32 Å². The predicted molar refractivity (Wildman–Crippen MR) is 77.7 cm³/mol. The molecule has 1 saturated heterocycles. The molecule has 0 atom stereocenters. The van der Waals surface area contributed by atoms with Crippen LogP contribution in [0.1, 0.15) is 25.7 Å². The Labute approximate surface area is 133 Å². The van der Waals surface area contributed by atoms with Crippen molar-refractivity contribution in [2.75, 3.05) is 32.8 Å². The van der Waals surface area contributed by atoms with Crippen molar-refractivity contribution in [3.05, 3.63) is 12.7 Å². The number of carbonyl (C=O) groups excluding carboxylic acids is 1. The molecule has 1 amide bonds. The van der Waals surface area contributed by atoms with Gasteiger partial charge in [0, 0.05) is 25.4 Å². The Morgan fingerprint density at radius 2 is 1.91 bits per heavy atom. The molecule has 1 aliphatic heterocycles. The van der Waals surface area contributed by atoms with E-state index in [1.165, 1.54) is 6.08 Å². The molecule has 1 heterocycles. The number of amides is 1. The van der Waals surface area contributed by atoms with E-state index < -0.39 is 24.4 Å². The maximum Gasteiger partial charge on any atom is 0.401 e. The highest BCUT2D eigenvalue weighted by atomic mass is 19.4. The number of rotatable bonds is 6. The summed E-state index contributed by atoms with van der Waals surface area (Å²) in [6.45, 7) is 3.20. The van der Waals surface area contributed by atoms with E-state index >= 15 is 0 Å². The number of ether oxygens (including phenoxy) is 2. The Bertz CT molecular complexity index is 413. The summed E-state index contributed by atoms with van der Waals surface area (Å²) < 4.78 is 48.6. The van der Waals surface area contributed by atoms with Gasteiger partial charge in [-0.15, -0.1) is 6.58 Å². The molecule has 1 spiro atoms. The van der Waals surface area contributed by atoms with Gasteiger partial charge in [0.25, 0.3) is 0 Å². The number of hydrogen-bond acceptors (Lipinski definition) is 4. The summed E-state index contributed by atoms with van der Waals surface area (Å²) in [6, 6.07) is -0.0441. The summed E-state index contributed by atoms with van der Waals surface area (Å²) in [4.78, 5) is 13.0. The number of alkyl halides is 3. The second kappa shape index (κ2) is 7.63. The highest BCUT2D eigenvalue weighted by Gasteiger charge is 2.40. The van der Waals surface area contributed by atoms with Crippen molar-refractivity contribution in [1.82, 2.24) is 10.2 Å². The summed E-state index contributed by atoms with van der Waals surface area (Å²) >= 11 is 0. The van der Waals surface area contributed by atoms with Gasteiger partial charge >= 0.3 is 6.18 Å². The Kier molecular flexibility index (Phi) is 6.05. The lowest BCUT2D eigenvalue weighted by Gasteiger charge is -2.35. The van der Waals surface area contributed by atoms with E-state index in [4.69, 9.17) is 9.47 Å². The minimum absolute atomic E-state index is 0.0163. The van der Waals surface area contributed by atoms with Gasteiger partial charge in [0.15, 0.2) is 5.79 Å². The van der Waals surface area contributed by atoms with E-state index in [0.717, 1.165) is 4.90 Å². The molecular formula is C15H23F3N2O3. The fraction of sp³-hybridized carbons (Fsp3) is 0.800. The molecule has 8 heteroatoms. The van der Waals surface area contributed by atoms with Crippen LogP contribution in [0.5, 0.6) is 0 Å². The van der Waals surface area contributed by atoms with E-state index in [1.54, 1.807) is 0 Å². The molecular weight excluding hydrogens is 313 g/mol. The lowest BCUT2D eigenvalue weighted by Crippen LogP contribution is -2.48. The molecule has 1 N–H and O–H groups in total. The van der Waals surface area contributed by atoms with Gasteiger partial charge in [0.05, 0.1) is 26.3 Å². The molecule has 23 heavy (non-hydrogen) atoms. The monoisotopic (exact) mass is 336 g/mol. The predicted octanol–water partition coefficient (Wildman–Crippen LogP) is 1.84. The van der Waals surface area contributed by atoms with Crippen LogP contribution in [0.3, 0.4) is 0 Å². The topological polar surface area (TPSA) is 50.8 Å². The van der Waals surface area contributed by atoms with E-state index in [1.807, 2.05) is 0 Å². The normalized spacial score (nSPS) is 21.7. The third-order valence-electron chi connectivity index (χ3n) is 4.08. The van der Waals surface area contributed by atoms with Gasteiger partial charge in [-0.25, -0.2) is 0 Å². The Balaban J connectivity index is 1.76. The van der Waals surface area contributed by atoms with Gasteiger partial charge in [0.1, 0.15) is 0 Å². The first kappa shape index (κ1) is 18.2. The van der Waals surface area contributed by atoms with Crippen LogP contribution in [0.15, 0.2) is 12.7 Å². The van der Waals surface area contributed by atoms with Crippen molar-refractivity contribution >= 4 is 5.91 Å². The van der Waals surface area contributed by atoms with E-state index in [-0.39, 0.29) is 19.1 Å². The lowest BCUT2D eigenvalue weighted by atomic mass is 9.90. The van der Waals surface area contributed by atoms with Crippen LogP contribution in [0, 0.1) is 0 Å². The largest absolute Gasteiger partial charge is 0.401 e. The zero-order chi connectivity index (χ0) is 16.9. The SMILES string of the molecule is C=CCN(CC(=O)NC1CCC2(CC1)OCCO2)CC(F)(F)F. The fourth-order valence-electron chi connectivity index (χ4n) is 3.09. The summed E-state index contributed by atoms with van der Waals surface area (Å²) in [5, 5.41) is 2.81. The molecule has 5 nitrogen and oxygen atoms in total. The Morgan fingerprint density at radius 3 is 2.43 bits per heavy atom. The molecule has 2 fully saturated rings. The van der Waals surface area contributed by atoms with Gasteiger partial charge in [-0.2, -0.15) is 13.2 Å². The van der Waals surface area contributed by atoms with E-state index in [2.05, 4.69) is 11.9 Å². The molecule has 1 saturated carbocycles. The van der Waals surface area contributed by atoms with Gasteiger partial charge in [-0.1, -0.05) is 6.08 Å². The highest BCUT2D eigenvalue weighted by molar-refractivity contribution is 5.78. The smallest absolute Gasteiger partial charge is 0.352 e. The summed E-state index contributed by atoms with van der Waals surface area (Å²) in [6.07, 6.45) is -0.192. The van der Waals surface area contributed by atoms with Gasteiger partial charge < -0.3 is 14.8 Å². The summed E-state index contributed by atoms with van der Waals surface area (Å²) in [5.41, 5.74) is 0. The maximum atomic E-state index is 12.5. The quantitative estimate of drug-likeness (QED) is 0.752. The Morgan fingerprint density at radius 1 is 1.30 bits per heavy atom. The molecule has 0 unspecified atom stereocenters. The van der Waals surface area contributed by atoms with Crippen LogP contribution in [0.25, 0.3) is 0 Å². The molecule has 0 aromatic heterocycles. The number of nitrogens with one attached hydrogen (secondary N) is 1. The average molecular weight is 336 g/mol. The average Bonchev–Trinajstić information content (AvgIpc) is 2.88. The molecule has 0 radical (unpaired) electrons. The molecule has 2 rings (SSSR count). The van der Waals surface area contributed by atoms with Crippen molar-refractivity contribution in [3.8, 4) is 0 Å². The van der Waals surface area contributed by atoms with Crippen molar-refractivity contribution < 1.29 is 27.4 Å². The third kappa shape index (κ3) is 5.78. The number of nitrogens with zero attached hydrogens (tertiary/aromatic N) is 1.